The fraction of sp³-hybridized carbons (Fsp3) is 0.481. The van der Waals surface area contributed by atoms with E-state index < -0.39 is 79.7 Å². The molecule has 8 rings (SSSR count). The van der Waals surface area contributed by atoms with Gasteiger partial charge in [-0.2, -0.15) is 4.98 Å². The molecule has 5 unspecified atom stereocenters. The highest BCUT2D eigenvalue weighted by Gasteiger charge is 2.58. The number of carbonyl (C=O) groups excluding carboxylic acids is 1. The van der Waals surface area contributed by atoms with Crippen molar-refractivity contribution in [1.82, 2.24) is 29.1 Å². The van der Waals surface area contributed by atoms with Crippen LogP contribution in [0.15, 0.2) is 40.4 Å². The zero-order valence-electron chi connectivity index (χ0n) is 24.4. The number of H-pyrrole nitrogens is 1. The van der Waals surface area contributed by atoms with Crippen LogP contribution in [0.2, 0.25) is 0 Å². The molecule has 47 heavy (non-hydrogen) atoms. The molecule has 0 spiro atoms. The highest BCUT2D eigenvalue weighted by molar-refractivity contribution is 8.44. The first kappa shape index (κ1) is 30.8. The van der Waals surface area contributed by atoms with Gasteiger partial charge in [0.1, 0.15) is 30.7 Å². The number of aromatic nitrogens is 6. The molecule has 18 nitrogen and oxygen atoms in total. The first-order valence-corrected chi connectivity index (χ1v) is 17.3. The van der Waals surface area contributed by atoms with Crippen molar-refractivity contribution in [2.75, 3.05) is 18.9 Å². The summed E-state index contributed by atoms with van der Waals surface area (Å²) in [5.74, 6) is -0.514. The maximum absolute atomic E-state index is 13.6. The number of benzene rings is 1. The van der Waals surface area contributed by atoms with Crippen LogP contribution in [0.5, 0.6) is 0 Å². The monoisotopic (exact) mass is 689 g/mol. The second-order valence-electron chi connectivity index (χ2n) is 11.7. The lowest BCUT2D eigenvalue weighted by Gasteiger charge is -2.25. The van der Waals surface area contributed by atoms with Crippen molar-refractivity contribution in [2.45, 2.75) is 68.5 Å². The minimum absolute atomic E-state index is 0.00516. The topological polar surface area (TPSA) is 234 Å². The minimum atomic E-state index is -4.19. The standard InChI is InChI=1S/C27H28N7O11PS/c1-10-3-2-4-12-15(10)24(38)34(8-29-12)26-18(36)19-14(43-26)7-41-46(39,47)45-13-5-11(6-40-20-17(35)21(20)44-19)42-25(13)33-9-30-16-22(33)31-27(28)32-23(16)37/h2-4,8-9,11,13-14,18-21,25-26,36H,5-7H2,1H3,(H,39,47)(H3,28,31,32,37)/t11-,13?,14+,18?,19+,20?,21?,25+,26+,46?/m0/s1. The highest BCUT2D eigenvalue weighted by atomic mass is 32.7. The number of ether oxygens (including phenoxy) is 4. The molecule has 4 N–H and O–H groups in total. The minimum Gasteiger partial charge on any atom is -0.386 e. The molecule has 3 aliphatic heterocycles. The molecule has 1 saturated carbocycles. The molecule has 4 aromatic rings. The van der Waals surface area contributed by atoms with E-state index >= 15 is 0 Å². The number of nitrogens with zero attached hydrogens (tertiary/aromatic N) is 5. The van der Waals surface area contributed by atoms with E-state index in [1.165, 1.54) is 17.2 Å². The average molecular weight is 690 g/mol. The van der Waals surface area contributed by atoms with Crippen molar-refractivity contribution >= 4 is 52.8 Å². The number of imidazole rings is 1. The molecule has 1 aromatic carbocycles. The summed E-state index contributed by atoms with van der Waals surface area (Å²) >= 11 is 4.19. The number of anilines is 1. The molecule has 2 bridgehead atoms. The number of fused-ring (bicyclic) bond motifs is 6. The van der Waals surface area contributed by atoms with Gasteiger partial charge in [0.05, 0.1) is 36.5 Å². The predicted molar refractivity (Wildman–Crippen MR) is 163 cm³/mol. The number of rotatable bonds is 2. The Morgan fingerprint density at radius 2 is 1.85 bits per heavy atom. The molecule has 248 valence electrons. The number of ketones is 1. The normalized spacial score (nSPS) is 35.9. The molecular formula is C27H28N7O11PS. The second-order valence-corrected chi connectivity index (χ2v) is 14.6. The SMILES string of the molecule is Cc1cccc2ncn([C@@H]3O[C@@H]4COP(=O)(S)OC5C[C@@H](COC6C(=O)C6O[C@H]4C3O)O[C@H]5n3cnc4c(=O)[nH]c(N)nc43)c(=O)c12. The van der Waals surface area contributed by atoms with Gasteiger partial charge in [0.15, 0.2) is 41.6 Å². The highest BCUT2D eigenvalue weighted by Crippen LogP contribution is 2.57. The van der Waals surface area contributed by atoms with E-state index in [2.05, 4.69) is 32.2 Å². The molecule has 1 aliphatic carbocycles. The van der Waals surface area contributed by atoms with Crippen LogP contribution in [0, 0.1) is 6.92 Å². The Hall–Kier alpha value is -3.52. The van der Waals surface area contributed by atoms with Crippen LogP contribution in [0.25, 0.3) is 22.1 Å². The number of aromatic amines is 1. The smallest absolute Gasteiger partial charge is 0.386 e. The van der Waals surface area contributed by atoms with Gasteiger partial charge in [-0.1, -0.05) is 24.4 Å². The van der Waals surface area contributed by atoms with Gasteiger partial charge < -0.3 is 29.8 Å². The molecule has 4 aliphatic rings. The van der Waals surface area contributed by atoms with Crippen LogP contribution < -0.4 is 16.9 Å². The Morgan fingerprint density at radius 3 is 2.68 bits per heavy atom. The fourth-order valence-electron chi connectivity index (χ4n) is 6.32. The van der Waals surface area contributed by atoms with Gasteiger partial charge in [0, 0.05) is 6.42 Å². The summed E-state index contributed by atoms with van der Waals surface area (Å²) < 4.78 is 51.8. The number of aliphatic hydroxyl groups is 1. The Kier molecular flexibility index (Phi) is 7.39. The number of thiol groups is 1. The largest absolute Gasteiger partial charge is 0.386 e. The van der Waals surface area contributed by atoms with Gasteiger partial charge in [0.25, 0.3) is 11.1 Å². The van der Waals surface area contributed by atoms with E-state index in [1.54, 1.807) is 25.1 Å². The number of hydrogen-bond donors (Lipinski definition) is 4. The van der Waals surface area contributed by atoms with E-state index in [0.29, 0.717) is 16.5 Å². The van der Waals surface area contributed by atoms with Gasteiger partial charge in [-0.3, -0.25) is 37.5 Å². The number of nitrogens with two attached hydrogens (primary N) is 1. The van der Waals surface area contributed by atoms with Gasteiger partial charge in [0.2, 0.25) is 5.95 Å². The number of aliphatic hydroxyl groups excluding tert-OH is 1. The van der Waals surface area contributed by atoms with Crippen molar-refractivity contribution in [3.63, 3.8) is 0 Å². The van der Waals surface area contributed by atoms with Gasteiger partial charge in [-0.05, 0) is 18.6 Å². The lowest BCUT2D eigenvalue weighted by Crippen LogP contribution is -2.39. The molecule has 3 aromatic heterocycles. The van der Waals surface area contributed by atoms with Gasteiger partial charge in [-0.25, -0.2) is 14.5 Å². The zero-order chi connectivity index (χ0) is 32.8. The summed E-state index contributed by atoms with van der Waals surface area (Å²) in [6.07, 6.45) is -7.03. The average Bonchev–Trinajstić information content (AvgIpc) is 3.34. The Labute approximate surface area is 268 Å². The first-order chi connectivity index (χ1) is 22.5. The van der Waals surface area contributed by atoms with Gasteiger partial charge >= 0.3 is 6.80 Å². The van der Waals surface area contributed by atoms with Crippen LogP contribution in [0.4, 0.5) is 5.95 Å². The third-order valence-corrected chi connectivity index (χ3v) is 10.3. The summed E-state index contributed by atoms with van der Waals surface area (Å²) in [5.41, 5.74) is 5.98. The first-order valence-electron chi connectivity index (χ1n) is 14.6. The van der Waals surface area contributed by atoms with Crippen LogP contribution in [-0.2, 0) is 37.4 Å². The molecule has 6 heterocycles. The maximum atomic E-state index is 13.6. The summed E-state index contributed by atoms with van der Waals surface area (Å²) in [5, 5.41) is 11.7. The van der Waals surface area contributed by atoms with E-state index in [1.807, 2.05) is 0 Å². The molecule has 3 saturated heterocycles. The summed E-state index contributed by atoms with van der Waals surface area (Å²) in [6.45, 7) is -2.98. The van der Waals surface area contributed by atoms with Crippen LogP contribution >= 0.6 is 19.0 Å². The summed E-state index contributed by atoms with van der Waals surface area (Å²) in [7, 11) is 0. The van der Waals surface area contributed by atoms with Crippen molar-refractivity contribution in [2.24, 2.45) is 0 Å². The van der Waals surface area contributed by atoms with Crippen LogP contribution in [-0.4, -0.2) is 95.9 Å². The number of aryl methyl sites for hydroxylation is 1. The van der Waals surface area contributed by atoms with E-state index in [0.717, 1.165) is 4.57 Å². The summed E-state index contributed by atoms with van der Waals surface area (Å²) in [4.78, 5) is 53.6. The van der Waals surface area contributed by atoms with E-state index in [4.69, 9.17) is 33.7 Å². The number of hydrogen-bond acceptors (Lipinski definition) is 15. The molecule has 20 heteroatoms. The summed E-state index contributed by atoms with van der Waals surface area (Å²) in [6, 6.07) is 5.24. The van der Waals surface area contributed by atoms with E-state index in [-0.39, 0.29) is 35.9 Å². The Balaban J connectivity index is 1.10. The van der Waals surface area contributed by atoms with Crippen molar-refractivity contribution < 1.29 is 42.5 Å². The quantitative estimate of drug-likeness (QED) is 0.162. The van der Waals surface area contributed by atoms with Crippen LogP contribution in [0.3, 0.4) is 0 Å². The van der Waals surface area contributed by atoms with Crippen molar-refractivity contribution in [1.29, 1.82) is 0 Å². The van der Waals surface area contributed by atoms with Crippen molar-refractivity contribution in [3.8, 4) is 0 Å². The number of nitrogens with one attached hydrogen (secondary N) is 1. The van der Waals surface area contributed by atoms with Gasteiger partial charge in [-0.15, -0.1) is 0 Å². The number of nitrogen functional groups attached to an aromatic ring is 1. The maximum Gasteiger partial charge on any atom is 0.386 e. The molecule has 4 fully saturated rings. The Bertz CT molecular complexity index is 2090. The van der Waals surface area contributed by atoms with E-state index in [9.17, 15) is 24.1 Å². The lowest BCUT2D eigenvalue weighted by atomic mass is 10.1. The number of Topliss-reactive ketones (excluding diaryl/α,β-unsaturated/α-hetero) is 1. The Morgan fingerprint density at radius 1 is 1.04 bits per heavy atom. The third kappa shape index (κ3) is 5.31. The fourth-order valence-corrected chi connectivity index (χ4v) is 7.81. The second kappa shape index (κ2) is 11.3. The number of carbonyl (C=O) groups is 1. The van der Waals surface area contributed by atoms with Crippen molar-refractivity contribution in [3.05, 3.63) is 57.1 Å². The predicted octanol–water partition coefficient (Wildman–Crippen LogP) is 0.141. The van der Waals surface area contributed by atoms with Crippen LogP contribution in [0.1, 0.15) is 24.4 Å². The third-order valence-electron chi connectivity index (χ3n) is 8.64. The molecular weight excluding hydrogens is 661 g/mol. The zero-order valence-corrected chi connectivity index (χ0v) is 26.2. The lowest BCUT2D eigenvalue weighted by molar-refractivity contribution is -0.118. The molecule has 0 radical (unpaired) electrons. The molecule has 0 amide bonds. The molecule has 10 atom stereocenters.